The molecule has 0 aliphatic carbocycles. The summed E-state index contributed by atoms with van der Waals surface area (Å²) < 4.78 is 2.01. The maximum atomic E-state index is 13.3. The monoisotopic (exact) mass is 426 g/mol. The van der Waals surface area contributed by atoms with Crippen LogP contribution < -0.4 is 0 Å². The number of carbonyl (C=O) groups excluding carboxylic acids is 1. The zero-order chi connectivity index (χ0) is 22.1. The third-order valence-corrected chi connectivity index (χ3v) is 6.57. The number of likely N-dealkylation sites (tertiary alicyclic amines) is 1. The summed E-state index contributed by atoms with van der Waals surface area (Å²) in [5, 5.41) is 0. The van der Waals surface area contributed by atoms with Crippen LogP contribution in [0.4, 0.5) is 0 Å². The van der Waals surface area contributed by atoms with E-state index in [1.807, 2.05) is 54.1 Å². The second-order valence-electron chi connectivity index (χ2n) is 8.90. The molecular weight excluding hydrogens is 396 g/mol. The number of aromatic nitrogens is 2. The first-order chi connectivity index (χ1) is 15.6. The molecule has 0 saturated carbocycles. The van der Waals surface area contributed by atoms with Gasteiger partial charge in [-0.15, -0.1) is 0 Å². The summed E-state index contributed by atoms with van der Waals surface area (Å²) >= 11 is 0. The number of hydrogen-bond donors (Lipinski definition) is 0. The van der Waals surface area contributed by atoms with Gasteiger partial charge in [0.2, 0.25) is 0 Å². The molecule has 0 spiro atoms. The molecule has 5 heterocycles. The Labute approximate surface area is 189 Å². The zero-order valence-corrected chi connectivity index (χ0v) is 18.9. The van der Waals surface area contributed by atoms with E-state index in [0.717, 1.165) is 54.1 Å². The minimum atomic E-state index is -0.0113. The highest BCUT2D eigenvalue weighted by atomic mass is 16.2. The fraction of sp³-hybridized carbons (Fsp3) is 0.333. The largest absolute Gasteiger partial charge is 0.306 e. The fourth-order valence-corrected chi connectivity index (χ4v) is 4.87. The van der Waals surface area contributed by atoms with Gasteiger partial charge < -0.3 is 9.30 Å². The summed E-state index contributed by atoms with van der Waals surface area (Å²) in [7, 11) is 0. The van der Waals surface area contributed by atoms with Gasteiger partial charge in [-0.1, -0.05) is 25.2 Å². The minimum Gasteiger partial charge on any atom is -0.306 e. The number of rotatable bonds is 4. The van der Waals surface area contributed by atoms with Crippen molar-refractivity contribution in [1.82, 2.24) is 19.2 Å². The molecule has 0 unspecified atom stereocenters. The van der Waals surface area contributed by atoms with E-state index in [1.54, 1.807) is 11.0 Å². The Morgan fingerprint density at radius 3 is 2.75 bits per heavy atom. The lowest BCUT2D eigenvalue weighted by Gasteiger charge is -2.34. The predicted octanol–water partition coefficient (Wildman–Crippen LogP) is 4.88. The number of aryl methyl sites for hydroxylation is 1. The van der Waals surface area contributed by atoms with Crippen molar-refractivity contribution in [1.29, 1.82) is 0 Å². The van der Waals surface area contributed by atoms with Crippen molar-refractivity contribution in [3.8, 4) is 0 Å². The second-order valence-corrected chi connectivity index (χ2v) is 8.90. The highest BCUT2D eigenvalue weighted by Gasteiger charge is 2.25. The normalized spacial score (nSPS) is 22.6. The van der Waals surface area contributed by atoms with Crippen LogP contribution in [0.3, 0.4) is 0 Å². The first-order valence-electron chi connectivity index (χ1n) is 11.6. The first kappa shape index (κ1) is 20.7. The quantitative estimate of drug-likeness (QED) is 0.699. The van der Waals surface area contributed by atoms with E-state index in [9.17, 15) is 4.79 Å². The third-order valence-electron chi connectivity index (χ3n) is 6.57. The van der Waals surface area contributed by atoms with Crippen LogP contribution in [0.25, 0.3) is 11.2 Å². The Balaban J connectivity index is 1.40. The van der Waals surface area contributed by atoms with Crippen molar-refractivity contribution in [2.45, 2.75) is 33.1 Å². The molecule has 3 aliphatic rings. The molecule has 5 rings (SSSR count). The molecule has 0 atom stereocenters. The van der Waals surface area contributed by atoms with Crippen LogP contribution in [-0.2, 0) is 4.79 Å². The minimum absolute atomic E-state index is 0.0113. The van der Waals surface area contributed by atoms with E-state index in [0.29, 0.717) is 5.92 Å². The van der Waals surface area contributed by atoms with Gasteiger partial charge in [0.15, 0.2) is 0 Å². The fourth-order valence-electron chi connectivity index (χ4n) is 4.87. The van der Waals surface area contributed by atoms with E-state index >= 15 is 0 Å². The van der Waals surface area contributed by atoms with Crippen LogP contribution in [0, 0.1) is 12.8 Å². The van der Waals surface area contributed by atoms with Gasteiger partial charge in [0.05, 0.1) is 5.69 Å². The zero-order valence-electron chi connectivity index (χ0n) is 18.9. The molecule has 1 saturated heterocycles. The summed E-state index contributed by atoms with van der Waals surface area (Å²) in [4.78, 5) is 22.1. The van der Waals surface area contributed by atoms with Crippen molar-refractivity contribution < 1.29 is 4.79 Å². The van der Waals surface area contributed by atoms with E-state index in [2.05, 4.69) is 35.2 Å². The molecular formula is C27H30N4O. The molecule has 2 aromatic heterocycles. The van der Waals surface area contributed by atoms with E-state index in [1.165, 1.54) is 18.5 Å². The van der Waals surface area contributed by atoms with Crippen LogP contribution in [-0.4, -0.2) is 44.7 Å². The molecule has 2 aromatic rings. The number of carbonyl (C=O) groups is 1. The van der Waals surface area contributed by atoms with Gasteiger partial charge >= 0.3 is 0 Å². The Morgan fingerprint density at radius 2 is 1.94 bits per heavy atom. The van der Waals surface area contributed by atoms with Crippen molar-refractivity contribution in [3.63, 3.8) is 0 Å². The Bertz CT molecular complexity index is 1190. The van der Waals surface area contributed by atoms with Gasteiger partial charge in [0.25, 0.3) is 5.91 Å². The van der Waals surface area contributed by atoms with Crippen molar-refractivity contribution >= 4 is 17.1 Å². The molecule has 3 aliphatic heterocycles. The molecule has 0 aromatic carbocycles. The summed E-state index contributed by atoms with van der Waals surface area (Å²) in [6.45, 7) is 7.69. The van der Waals surface area contributed by atoms with E-state index in [-0.39, 0.29) is 5.91 Å². The first-order valence-corrected chi connectivity index (χ1v) is 11.6. The SMILES string of the molecule is CCCN1CCC(C2=CN3C(=O)/C=C(c4ccc5nc(C)cn5c4)\C=C\C=C3C=C2)CC1. The Morgan fingerprint density at radius 1 is 1.09 bits per heavy atom. The van der Waals surface area contributed by atoms with Crippen LogP contribution in [0.2, 0.25) is 0 Å². The van der Waals surface area contributed by atoms with E-state index < -0.39 is 0 Å². The number of nitrogens with zero attached hydrogens (tertiary/aromatic N) is 4. The molecule has 5 heteroatoms. The van der Waals surface area contributed by atoms with Gasteiger partial charge in [-0.25, -0.2) is 4.98 Å². The van der Waals surface area contributed by atoms with Gasteiger partial charge in [-0.3, -0.25) is 9.69 Å². The lowest BCUT2D eigenvalue weighted by molar-refractivity contribution is -0.122. The summed E-state index contributed by atoms with van der Waals surface area (Å²) in [5.74, 6) is 0.507. The topological polar surface area (TPSA) is 40.8 Å². The van der Waals surface area contributed by atoms with Gasteiger partial charge in [0.1, 0.15) is 5.65 Å². The Kier molecular flexibility index (Phi) is 5.66. The number of hydrogen-bond acceptors (Lipinski definition) is 3. The van der Waals surface area contributed by atoms with Crippen LogP contribution >= 0.6 is 0 Å². The molecule has 0 N–H and O–H groups in total. The van der Waals surface area contributed by atoms with Crippen molar-refractivity contribution in [3.05, 3.63) is 89.7 Å². The molecule has 5 nitrogen and oxygen atoms in total. The number of piperidine rings is 1. The predicted molar refractivity (Wildman–Crippen MR) is 129 cm³/mol. The maximum absolute atomic E-state index is 13.3. The van der Waals surface area contributed by atoms with Gasteiger partial charge in [-0.2, -0.15) is 0 Å². The molecule has 32 heavy (non-hydrogen) atoms. The van der Waals surface area contributed by atoms with E-state index in [4.69, 9.17) is 0 Å². The Hall–Kier alpha value is -3.18. The average molecular weight is 427 g/mol. The van der Waals surface area contributed by atoms with Crippen LogP contribution in [0.15, 0.2) is 78.5 Å². The third kappa shape index (κ3) is 4.13. The summed E-state index contributed by atoms with van der Waals surface area (Å²) in [6.07, 6.45) is 21.7. The molecule has 164 valence electrons. The van der Waals surface area contributed by atoms with Gasteiger partial charge in [0, 0.05) is 30.4 Å². The number of pyridine rings is 1. The summed E-state index contributed by atoms with van der Waals surface area (Å²) in [5.41, 5.74) is 5.96. The molecule has 1 fully saturated rings. The number of fused-ring (bicyclic) bond motifs is 2. The lowest BCUT2D eigenvalue weighted by Crippen LogP contribution is -2.35. The van der Waals surface area contributed by atoms with Crippen LogP contribution in [0.1, 0.15) is 37.4 Å². The van der Waals surface area contributed by atoms with Gasteiger partial charge in [-0.05, 0) is 92.7 Å². The molecule has 0 radical (unpaired) electrons. The highest BCUT2D eigenvalue weighted by Crippen LogP contribution is 2.31. The summed E-state index contributed by atoms with van der Waals surface area (Å²) in [6, 6.07) is 4.02. The van der Waals surface area contributed by atoms with Crippen molar-refractivity contribution in [2.24, 2.45) is 5.92 Å². The highest BCUT2D eigenvalue weighted by molar-refractivity contribution is 5.99. The van der Waals surface area contributed by atoms with Crippen molar-refractivity contribution in [2.75, 3.05) is 19.6 Å². The second kappa shape index (κ2) is 8.75. The molecule has 0 bridgehead atoms. The number of allylic oxidation sites excluding steroid dienone is 7. The van der Waals surface area contributed by atoms with Crippen LogP contribution in [0.5, 0.6) is 0 Å². The molecule has 1 amide bonds. The maximum Gasteiger partial charge on any atom is 0.255 e. The standard InChI is InChI=1S/C27H30N4O/c1-3-13-29-14-11-21(12-15-29)24-7-9-25-6-4-5-22(16-27(32)31(25)19-24)23-8-10-26-28-20(2)17-30(26)18-23/h4-10,16-19,21H,3,11-15H2,1-2H3/b5-4+,22-16+,25-6?. The number of amides is 1. The lowest BCUT2D eigenvalue weighted by atomic mass is 9.88. The number of imidazole rings is 1. The average Bonchev–Trinajstić information content (AvgIpc) is 3.17. The smallest absolute Gasteiger partial charge is 0.255 e.